The summed E-state index contributed by atoms with van der Waals surface area (Å²) in [7, 11) is 0. The highest BCUT2D eigenvalue weighted by Gasteiger charge is 2.22. The average molecular weight is 253 g/mol. The Morgan fingerprint density at radius 2 is 2.06 bits per heavy atom. The fraction of sp³-hybridized carbons (Fsp3) is 0.538. The zero-order valence-electron chi connectivity index (χ0n) is 10.6. The van der Waals surface area contributed by atoms with Gasteiger partial charge in [0.15, 0.2) is 0 Å². The predicted molar refractivity (Wildman–Crippen MR) is 70.3 cm³/mol. The number of amides is 1. The maximum absolute atomic E-state index is 11.5. The molecule has 0 bridgehead atoms. The number of nitrogens with one attached hydrogen (secondary N) is 1. The first-order chi connectivity index (χ1) is 7.92. The topological polar surface area (TPSA) is 46.2 Å². The lowest BCUT2D eigenvalue weighted by atomic mass is 9.91. The smallest absolute Gasteiger partial charge is 0.220 e. The van der Waals surface area contributed by atoms with E-state index < -0.39 is 0 Å². The van der Waals surface area contributed by atoms with Crippen molar-refractivity contribution in [1.29, 1.82) is 0 Å². The summed E-state index contributed by atoms with van der Waals surface area (Å²) in [6.07, 6.45) is 0.612. The number of hydrogen-bond donors (Lipinski definition) is 1. The standard InChI is InChI=1S/C13H19NO2S/c1-10(15)6-7-12(16)14-9-13(2,3)11-5-4-8-17-11/h4-5,8H,6-7,9H2,1-3H3,(H,14,16). The van der Waals surface area contributed by atoms with Crippen LogP contribution in [-0.4, -0.2) is 18.2 Å². The molecule has 0 unspecified atom stereocenters. The van der Waals surface area contributed by atoms with Gasteiger partial charge in [0.05, 0.1) is 0 Å². The SMILES string of the molecule is CC(=O)CCC(=O)NCC(C)(C)c1cccs1. The van der Waals surface area contributed by atoms with Crippen LogP contribution in [0.5, 0.6) is 0 Å². The van der Waals surface area contributed by atoms with E-state index in [0.717, 1.165) is 0 Å². The molecule has 1 N–H and O–H groups in total. The molecule has 0 aliphatic carbocycles. The van der Waals surface area contributed by atoms with Crippen LogP contribution in [0.4, 0.5) is 0 Å². The van der Waals surface area contributed by atoms with E-state index in [2.05, 4.69) is 25.2 Å². The number of ketones is 1. The van der Waals surface area contributed by atoms with Crippen molar-refractivity contribution >= 4 is 23.0 Å². The third-order valence-electron chi connectivity index (χ3n) is 2.62. The van der Waals surface area contributed by atoms with Crippen molar-refractivity contribution in [1.82, 2.24) is 5.32 Å². The molecule has 0 spiro atoms. The molecule has 0 atom stereocenters. The van der Waals surface area contributed by atoms with Crippen molar-refractivity contribution in [2.75, 3.05) is 6.54 Å². The molecule has 0 radical (unpaired) electrons. The average Bonchev–Trinajstić information content (AvgIpc) is 2.77. The van der Waals surface area contributed by atoms with E-state index >= 15 is 0 Å². The minimum atomic E-state index is -0.0555. The first-order valence-electron chi connectivity index (χ1n) is 5.72. The molecule has 0 fully saturated rings. The number of thiophene rings is 1. The predicted octanol–water partition coefficient (Wildman–Crippen LogP) is 2.51. The van der Waals surface area contributed by atoms with Gasteiger partial charge in [-0.25, -0.2) is 0 Å². The molecule has 0 aliphatic rings. The molecule has 1 amide bonds. The third kappa shape index (κ3) is 4.69. The van der Waals surface area contributed by atoms with Crippen LogP contribution >= 0.6 is 11.3 Å². The molecule has 0 aliphatic heterocycles. The normalized spacial score (nSPS) is 11.2. The molecule has 94 valence electrons. The Bertz CT molecular complexity index is 382. The van der Waals surface area contributed by atoms with Gasteiger partial charge in [0, 0.05) is 29.7 Å². The number of carbonyl (C=O) groups excluding carboxylic acids is 2. The van der Waals surface area contributed by atoms with Gasteiger partial charge >= 0.3 is 0 Å². The lowest BCUT2D eigenvalue weighted by Gasteiger charge is -2.23. The fourth-order valence-corrected chi connectivity index (χ4v) is 2.30. The molecule has 1 rings (SSSR count). The van der Waals surface area contributed by atoms with Gasteiger partial charge in [-0.05, 0) is 18.4 Å². The highest BCUT2D eigenvalue weighted by atomic mass is 32.1. The van der Waals surface area contributed by atoms with Gasteiger partial charge in [-0.1, -0.05) is 19.9 Å². The summed E-state index contributed by atoms with van der Waals surface area (Å²) >= 11 is 1.69. The summed E-state index contributed by atoms with van der Waals surface area (Å²) in [5.41, 5.74) is -0.0555. The Morgan fingerprint density at radius 1 is 1.35 bits per heavy atom. The molecule has 3 nitrogen and oxygen atoms in total. The molecule has 0 aromatic carbocycles. The Balaban J connectivity index is 2.40. The van der Waals surface area contributed by atoms with Gasteiger partial charge in [-0.2, -0.15) is 0 Å². The van der Waals surface area contributed by atoms with Crippen LogP contribution in [0.3, 0.4) is 0 Å². The molecule has 1 aromatic heterocycles. The Hall–Kier alpha value is -1.16. The van der Waals surface area contributed by atoms with E-state index in [1.807, 2.05) is 11.4 Å². The summed E-state index contributed by atoms with van der Waals surface area (Å²) in [6, 6.07) is 4.09. The van der Waals surface area contributed by atoms with Crippen LogP contribution in [0, 0.1) is 0 Å². The fourth-order valence-electron chi connectivity index (χ4n) is 1.45. The number of rotatable bonds is 6. The molecule has 1 heterocycles. The molecular formula is C13H19NO2S. The lowest BCUT2D eigenvalue weighted by Crippen LogP contribution is -2.36. The highest BCUT2D eigenvalue weighted by Crippen LogP contribution is 2.26. The zero-order chi connectivity index (χ0) is 12.9. The monoisotopic (exact) mass is 253 g/mol. The van der Waals surface area contributed by atoms with E-state index in [-0.39, 0.29) is 23.5 Å². The largest absolute Gasteiger partial charge is 0.355 e. The van der Waals surface area contributed by atoms with Crippen LogP contribution < -0.4 is 5.32 Å². The van der Waals surface area contributed by atoms with Gasteiger partial charge in [-0.15, -0.1) is 11.3 Å². The van der Waals surface area contributed by atoms with Crippen molar-refractivity contribution in [2.45, 2.75) is 39.0 Å². The van der Waals surface area contributed by atoms with Crippen molar-refractivity contribution < 1.29 is 9.59 Å². The summed E-state index contributed by atoms with van der Waals surface area (Å²) in [5, 5.41) is 4.92. The summed E-state index contributed by atoms with van der Waals surface area (Å²) in [4.78, 5) is 23.5. The molecule has 1 aromatic rings. The second-order valence-corrected chi connectivity index (χ2v) is 5.79. The van der Waals surface area contributed by atoms with E-state index in [1.54, 1.807) is 11.3 Å². The maximum Gasteiger partial charge on any atom is 0.220 e. The number of Topliss-reactive ketones (excluding diaryl/α,β-unsaturated/α-hetero) is 1. The van der Waals surface area contributed by atoms with Crippen molar-refractivity contribution in [2.24, 2.45) is 0 Å². The molecule has 0 saturated carbocycles. The quantitative estimate of drug-likeness (QED) is 0.846. The second-order valence-electron chi connectivity index (χ2n) is 4.84. The number of hydrogen-bond acceptors (Lipinski definition) is 3. The van der Waals surface area contributed by atoms with Crippen LogP contribution in [0.1, 0.15) is 38.5 Å². The lowest BCUT2D eigenvalue weighted by molar-refractivity contribution is -0.124. The Morgan fingerprint density at radius 3 is 2.59 bits per heavy atom. The summed E-state index contributed by atoms with van der Waals surface area (Å²) < 4.78 is 0. The van der Waals surface area contributed by atoms with Crippen LogP contribution in [0.15, 0.2) is 17.5 Å². The number of carbonyl (C=O) groups is 2. The van der Waals surface area contributed by atoms with E-state index in [4.69, 9.17) is 0 Å². The highest BCUT2D eigenvalue weighted by molar-refractivity contribution is 7.10. The summed E-state index contributed by atoms with van der Waals surface area (Å²) in [5.74, 6) is 0.00231. The third-order valence-corrected chi connectivity index (χ3v) is 3.86. The van der Waals surface area contributed by atoms with Crippen LogP contribution in [0.2, 0.25) is 0 Å². The van der Waals surface area contributed by atoms with E-state index in [9.17, 15) is 9.59 Å². The minimum Gasteiger partial charge on any atom is -0.355 e. The Labute approximate surface area is 106 Å². The minimum absolute atomic E-state index is 0.0511. The van der Waals surface area contributed by atoms with Crippen molar-refractivity contribution in [3.63, 3.8) is 0 Å². The van der Waals surface area contributed by atoms with E-state index in [1.165, 1.54) is 11.8 Å². The van der Waals surface area contributed by atoms with Crippen molar-refractivity contribution in [3.8, 4) is 0 Å². The van der Waals surface area contributed by atoms with Gasteiger partial charge in [0.2, 0.25) is 5.91 Å². The maximum atomic E-state index is 11.5. The van der Waals surface area contributed by atoms with Crippen molar-refractivity contribution in [3.05, 3.63) is 22.4 Å². The van der Waals surface area contributed by atoms with Crippen LogP contribution in [-0.2, 0) is 15.0 Å². The molecule has 0 saturated heterocycles. The summed E-state index contributed by atoms with van der Waals surface area (Å²) in [6.45, 7) is 6.31. The van der Waals surface area contributed by atoms with Gasteiger partial charge in [0.1, 0.15) is 5.78 Å². The Kier molecular flexibility index (Phi) is 4.87. The van der Waals surface area contributed by atoms with Gasteiger partial charge < -0.3 is 10.1 Å². The van der Waals surface area contributed by atoms with Crippen LogP contribution in [0.25, 0.3) is 0 Å². The second kappa shape index (κ2) is 5.96. The van der Waals surface area contributed by atoms with Gasteiger partial charge in [0.25, 0.3) is 0 Å². The van der Waals surface area contributed by atoms with E-state index in [0.29, 0.717) is 13.0 Å². The van der Waals surface area contributed by atoms with Gasteiger partial charge in [-0.3, -0.25) is 4.79 Å². The zero-order valence-corrected chi connectivity index (χ0v) is 11.4. The first-order valence-corrected chi connectivity index (χ1v) is 6.60. The molecular weight excluding hydrogens is 234 g/mol. The molecule has 17 heavy (non-hydrogen) atoms. The first kappa shape index (κ1) is 13.9. The molecule has 4 heteroatoms.